The van der Waals surface area contributed by atoms with Crippen molar-refractivity contribution in [1.29, 1.82) is 0 Å². The fraction of sp³-hybridized carbons (Fsp3) is 0.714. The summed E-state index contributed by atoms with van der Waals surface area (Å²) in [5.41, 5.74) is 0. The van der Waals surface area contributed by atoms with Gasteiger partial charge < -0.3 is 4.90 Å². The highest BCUT2D eigenvalue weighted by molar-refractivity contribution is 6.28. The Bertz CT molecular complexity index is 229. The Morgan fingerprint density at radius 1 is 1.36 bits per heavy atom. The van der Waals surface area contributed by atoms with Crippen LogP contribution in [0.2, 0.25) is 0 Å². The fourth-order valence-corrected chi connectivity index (χ4v) is 0.846. The van der Waals surface area contributed by atoms with Crippen molar-refractivity contribution in [3.63, 3.8) is 0 Å². The summed E-state index contributed by atoms with van der Waals surface area (Å²) in [7, 11) is 0. The number of hydrogen-bond acceptors (Lipinski definition) is 2. The average Bonchev–Trinajstić information content (AvgIpc) is 2.11. The Balaban J connectivity index is 4.42. The van der Waals surface area contributed by atoms with Gasteiger partial charge in [-0.25, -0.2) is 0 Å². The van der Waals surface area contributed by atoms with Crippen molar-refractivity contribution < 1.29 is 22.8 Å². The standard InChI is InChI=1S/C7H9ClF3NO2/c1-2-12(4-5(13)3-8)6(14)7(9,10)11/h2-4H2,1H3. The quantitative estimate of drug-likeness (QED) is 0.682. The van der Waals surface area contributed by atoms with Gasteiger partial charge in [0.1, 0.15) is 0 Å². The first kappa shape index (κ1) is 13.2. The third-order valence-electron chi connectivity index (χ3n) is 1.43. The van der Waals surface area contributed by atoms with Crippen LogP contribution in [0.3, 0.4) is 0 Å². The molecule has 14 heavy (non-hydrogen) atoms. The second-order valence-corrected chi connectivity index (χ2v) is 2.76. The largest absolute Gasteiger partial charge is 0.471 e. The first-order valence-electron chi connectivity index (χ1n) is 3.76. The molecule has 0 radical (unpaired) electrons. The molecular weight excluding hydrogens is 223 g/mol. The number of halogens is 4. The van der Waals surface area contributed by atoms with E-state index in [1.54, 1.807) is 0 Å². The van der Waals surface area contributed by atoms with Gasteiger partial charge in [-0.2, -0.15) is 13.2 Å². The Morgan fingerprint density at radius 3 is 2.14 bits per heavy atom. The number of rotatable bonds is 4. The minimum atomic E-state index is -4.94. The molecule has 0 aromatic heterocycles. The Kier molecular flexibility index (Phi) is 4.90. The summed E-state index contributed by atoms with van der Waals surface area (Å²) >= 11 is 5.10. The lowest BCUT2D eigenvalue weighted by Gasteiger charge is -2.20. The summed E-state index contributed by atoms with van der Waals surface area (Å²) in [6, 6.07) is 0. The van der Waals surface area contributed by atoms with Crippen LogP contribution in [0.4, 0.5) is 13.2 Å². The van der Waals surface area contributed by atoms with E-state index >= 15 is 0 Å². The number of likely N-dealkylation sites (N-methyl/N-ethyl adjacent to an activating group) is 1. The topological polar surface area (TPSA) is 37.4 Å². The summed E-state index contributed by atoms with van der Waals surface area (Å²) in [5.74, 6) is -3.04. The van der Waals surface area contributed by atoms with Gasteiger partial charge in [-0.1, -0.05) is 0 Å². The van der Waals surface area contributed by atoms with Gasteiger partial charge in [0.15, 0.2) is 5.78 Å². The third kappa shape index (κ3) is 3.95. The molecule has 0 saturated carbocycles. The summed E-state index contributed by atoms with van der Waals surface area (Å²) in [6.45, 7) is 0.574. The van der Waals surface area contributed by atoms with Gasteiger partial charge in [0.25, 0.3) is 0 Å². The molecular formula is C7H9ClF3NO2. The SMILES string of the molecule is CCN(CC(=O)CCl)C(=O)C(F)(F)F. The molecule has 7 heteroatoms. The molecule has 0 unspecified atom stereocenters. The smallest absolute Gasteiger partial charge is 0.328 e. The number of carbonyl (C=O) groups excluding carboxylic acids is 2. The maximum Gasteiger partial charge on any atom is 0.471 e. The van der Waals surface area contributed by atoms with Crippen molar-refractivity contribution in [3.8, 4) is 0 Å². The highest BCUT2D eigenvalue weighted by Gasteiger charge is 2.42. The number of alkyl halides is 4. The van der Waals surface area contributed by atoms with E-state index in [4.69, 9.17) is 11.6 Å². The molecule has 3 nitrogen and oxygen atoms in total. The Labute approximate surface area is 83.8 Å². The molecule has 0 atom stereocenters. The van der Waals surface area contributed by atoms with Crippen LogP contribution < -0.4 is 0 Å². The zero-order valence-electron chi connectivity index (χ0n) is 7.40. The van der Waals surface area contributed by atoms with E-state index in [0.717, 1.165) is 0 Å². The van der Waals surface area contributed by atoms with E-state index in [0.29, 0.717) is 4.90 Å². The summed E-state index contributed by atoms with van der Waals surface area (Å²) < 4.78 is 35.7. The minimum absolute atomic E-state index is 0.180. The molecule has 82 valence electrons. The van der Waals surface area contributed by atoms with Gasteiger partial charge >= 0.3 is 12.1 Å². The van der Waals surface area contributed by atoms with E-state index in [1.165, 1.54) is 6.92 Å². The maximum atomic E-state index is 11.9. The molecule has 0 bridgehead atoms. The molecule has 0 aliphatic heterocycles. The first-order chi connectivity index (χ1) is 6.32. The lowest BCUT2D eigenvalue weighted by Crippen LogP contribution is -2.43. The third-order valence-corrected chi connectivity index (χ3v) is 1.73. The number of Topliss-reactive ketones (excluding diaryl/α,β-unsaturated/α-hetero) is 1. The number of hydrogen-bond donors (Lipinski definition) is 0. The number of nitrogens with zero attached hydrogens (tertiary/aromatic N) is 1. The molecule has 0 N–H and O–H groups in total. The van der Waals surface area contributed by atoms with E-state index in [2.05, 4.69) is 0 Å². The lowest BCUT2D eigenvalue weighted by molar-refractivity contribution is -0.185. The normalized spacial score (nSPS) is 11.2. The van der Waals surface area contributed by atoms with Crippen LogP contribution in [0.25, 0.3) is 0 Å². The number of carbonyl (C=O) groups is 2. The van der Waals surface area contributed by atoms with Gasteiger partial charge in [0, 0.05) is 6.54 Å². The van der Waals surface area contributed by atoms with Crippen molar-refractivity contribution in [1.82, 2.24) is 4.90 Å². The molecule has 0 rings (SSSR count). The van der Waals surface area contributed by atoms with Gasteiger partial charge in [0.05, 0.1) is 12.4 Å². The van der Waals surface area contributed by atoms with Crippen LogP contribution in [0, 0.1) is 0 Å². The highest BCUT2D eigenvalue weighted by Crippen LogP contribution is 2.18. The van der Waals surface area contributed by atoms with E-state index in [1.807, 2.05) is 0 Å². The van der Waals surface area contributed by atoms with Crippen LogP contribution in [-0.4, -0.2) is 41.7 Å². The monoisotopic (exact) mass is 231 g/mol. The van der Waals surface area contributed by atoms with E-state index in [9.17, 15) is 22.8 Å². The second-order valence-electron chi connectivity index (χ2n) is 2.49. The number of ketones is 1. The van der Waals surface area contributed by atoms with Crippen LogP contribution in [0.15, 0.2) is 0 Å². The fourth-order valence-electron chi connectivity index (χ4n) is 0.762. The van der Waals surface area contributed by atoms with Crippen molar-refractivity contribution in [2.45, 2.75) is 13.1 Å². The van der Waals surface area contributed by atoms with E-state index < -0.39 is 30.3 Å². The van der Waals surface area contributed by atoms with Crippen LogP contribution in [0.5, 0.6) is 0 Å². The Hall–Kier alpha value is -0.780. The van der Waals surface area contributed by atoms with Gasteiger partial charge in [0.2, 0.25) is 0 Å². The predicted molar refractivity (Wildman–Crippen MR) is 44.0 cm³/mol. The van der Waals surface area contributed by atoms with Crippen molar-refractivity contribution in [2.24, 2.45) is 0 Å². The predicted octanol–water partition coefficient (Wildman–Crippen LogP) is 1.21. The average molecular weight is 232 g/mol. The van der Waals surface area contributed by atoms with Gasteiger partial charge in [-0.3, -0.25) is 9.59 Å². The molecule has 0 heterocycles. The van der Waals surface area contributed by atoms with Crippen molar-refractivity contribution in [2.75, 3.05) is 19.0 Å². The first-order valence-corrected chi connectivity index (χ1v) is 4.30. The van der Waals surface area contributed by atoms with Gasteiger partial charge in [-0.05, 0) is 6.92 Å². The van der Waals surface area contributed by atoms with Crippen LogP contribution in [0.1, 0.15) is 6.92 Å². The summed E-state index contributed by atoms with van der Waals surface area (Å²) in [5, 5.41) is 0. The van der Waals surface area contributed by atoms with Crippen LogP contribution in [-0.2, 0) is 9.59 Å². The summed E-state index contributed by atoms with van der Waals surface area (Å²) in [6.07, 6.45) is -4.94. The summed E-state index contributed by atoms with van der Waals surface area (Å²) in [4.78, 5) is 21.8. The lowest BCUT2D eigenvalue weighted by atomic mass is 10.3. The molecule has 0 aromatic rings. The molecule has 0 spiro atoms. The van der Waals surface area contributed by atoms with Crippen molar-refractivity contribution >= 4 is 23.3 Å². The minimum Gasteiger partial charge on any atom is -0.328 e. The molecule has 0 fully saturated rings. The molecule has 0 aliphatic rings. The highest BCUT2D eigenvalue weighted by atomic mass is 35.5. The molecule has 0 aromatic carbocycles. The zero-order valence-corrected chi connectivity index (χ0v) is 8.15. The Morgan fingerprint density at radius 2 is 1.86 bits per heavy atom. The van der Waals surface area contributed by atoms with Crippen LogP contribution >= 0.6 is 11.6 Å². The molecule has 0 aliphatic carbocycles. The van der Waals surface area contributed by atoms with E-state index in [-0.39, 0.29) is 6.54 Å². The molecule has 1 amide bonds. The number of amides is 1. The van der Waals surface area contributed by atoms with Crippen molar-refractivity contribution in [3.05, 3.63) is 0 Å². The zero-order chi connectivity index (χ0) is 11.4. The maximum absolute atomic E-state index is 11.9. The molecule has 0 saturated heterocycles. The van der Waals surface area contributed by atoms with Gasteiger partial charge in [-0.15, -0.1) is 11.6 Å². The second kappa shape index (κ2) is 5.19.